The summed E-state index contributed by atoms with van der Waals surface area (Å²) in [5, 5.41) is 23.1. The van der Waals surface area contributed by atoms with Crippen LogP contribution in [0.25, 0.3) is 0 Å². The molecule has 0 aromatic carbocycles. The van der Waals surface area contributed by atoms with Crippen molar-refractivity contribution in [2.45, 2.75) is 31.5 Å². The number of hydrogen-bond donors (Lipinski definition) is 5. The zero-order valence-electron chi connectivity index (χ0n) is 10.2. The number of aliphatic hydroxyl groups is 1. The number of hydrogen-bond acceptors (Lipinski definition) is 5. The number of aliphatic carboxylic acids is 1. The molecule has 0 spiro atoms. The van der Waals surface area contributed by atoms with Crippen molar-refractivity contribution in [3.05, 3.63) is 17.7 Å². The molecular formula is C11H16N4O4. The SMILES string of the molecule is O=C(N[C@@H](CCO)C(=O)O)C1Cc2nc[nH]c2CN1. The smallest absolute Gasteiger partial charge is 0.326 e. The Kier molecular flexibility index (Phi) is 4.13. The minimum atomic E-state index is -1.15. The van der Waals surface area contributed by atoms with Crippen LogP contribution < -0.4 is 10.6 Å². The summed E-state index contributed by atoms with van der Waals surface area (Å²) in [6.45, 7) is 0.198. The van der Waals surface area contributed by atoms with E-state index in [0.29, 0.717) is 13.0 Å². The van der Waals surface area contributed by atoms with Gasteiger partial charge < -0.3 is 20.5 Å². The Morgan fingerprint density at radius 3 is 3.05 bits per heavy atom. The second kappa shape index (κ2) is 5.81. The number of aliphatic hydroxyl groups excluding tert-OH is 1. The van der Waals surface area contributed by atoms with Crippen molar-refractivity contribution in [2.75, 3.05) is 6.61 Å². The number of aromatic nitrogens is 2. The molecule has 5 N–H and O–H groups in total. The monoisotopic (exact) mass is 268 g/mol. The summed E-state index contributed by atoms with van der Waals surface area (Å²) in [6, 6.07) is -1.57. The molecule has 0 bridgehead atoms. The van der Waals surface area contributed by atoms with Crippen LogP contribution in [0.3, 0.4) is 0 Å². The van der Waals surface area contributed by atoms with Gasteiger partial charge in [0.15, 0.2) is 0 Å². The fourth-order valence-electron chi connectivity index (χ4n) is 2.01. The Balaban J connectivity index is 1.95. The van der Waals surface area contributed by atoms with Gasteiger partial charge in [0.05, 0.1) is 23.8 Å². The van der Waals surface area contributed by atoms with Gasteiger partial charge in [-0.1, -0.05) is 0 Å². The van der Waals surface area contributed by atoms with Crippen LogP contribution in [0.5, 0.6) is 0 Å². The predicted molar refractivity (Wildman–Crippen MR) is 64.2 cm³/mol. The van der Waals surface area contributed by atoms with Gasteiger partial charge in [0.25, 0.3) is 0 Å². The molecule has 1 aromatic heterocycles. The lowest BCUT2D eigenvalue weighted by Crippen LogP contribution is -2.52. The first-order valence-electron chi connectivity index (χ1n) is 6.00. The largest absolute Gasteiger partial charge is 0.480 e. The van der Waals surface area contributed by atoms with E-state index in [-0.39, 0.29) is 13.0 Å². The van der Waals surface area contributed by atoms with E-state index < -0.39 is 24.0 Å². The van der Waals surface area contributed by atoms with Crippen molar-refractivity contribution in [2.24, 2.45) is 0 Å². The highest BCUT2D eigenvalue weighted by Crippen LogP contribution is 2.12. The van der Waals surface area contributed by atoms with E-state index in [4.69, 9.17) is 10.2 Å². The number of nitrogens with one attached hydrogen (secondary N) is 3. The molecule has 8 nitrogen and oxygen atoms in total. The summed E-state index contributed by atoms with van der Waals surface area (Å²) in [4.78, 5) is 29.9. The Morgan fingerprint density at radius 1 is 1.58 bits per heavy atom. The van der Waals surface area contributed by atoms with Gasteiger partial charge in [0, 0.05) is 26.0 Å². The van der Waals surface area contributed by atoms with Gasteiger partial charge in [-0.2, -0.15) is 0 Å². The van der Waals surface area contributed by atoms with E-state index in [0.717, 1.165) is 11.4 Å². The molecular weight excluding hydrogens is 252 g/mol. The van der Waals surface area contributed by atoms with E-state index in [9.17, 15) is 9.59 Å². The van der Waals surface area contributed by atoms with E-state index in [1.807, 2.05) is 0 Å². The molecule has 0 saturated carbocycles. The van der Waals surface area contributed by atoms with Crippen molar-refractivity contribution in [3.8, 4) is 0 Å². The lowest BCUT2D eigenvalue weighted by atomic mass is 10.0. The first-order chi connectivity index (χ1) is 9.11. The molecule has 1 aromatic rings. The van der Waals surface area contributed by atoms with Gasteiger partial charge in [0.2, 0.25) is 5.91 Å². The lowest BCUT2D eigenvalue weighted by Gasteiger charge is -2.24. The number of imidazole rings is 1. The number of H-pyrrole nitrogens is 1. The van der Waals surface area contributed by atoms with Crippen LogP contribution in [0.15, 0.2) is 6.33 Å². The van der Waals surface area contributed by atoms with Gasteiger partial charge in [-0.05, 0) is 0 Å². The van der Waals surface area contributed by atoms with Crippen LogP contribution in [-0.2, 0) is 22.6 Å². The molecule has 0 radical (unpaired) electrons. The number of carboxylic acid groups (broad SMARTS) is 1. The average molecular weight is 268 g/mol. The molecule has 1 unspecified atom stereocenters. The highest BCUT2D eigenvalue weighted by Gasteiger charge is 2.28. The van der Waals surface area contributed by atoms with Gasteiger partial charge in [0.1, 0.15) is 6.04 Å². The number of amides is 1. The highest BCUT2D eigenvalue weighted by atomic mass is 16.4. The number of nitrogens with zero attached hydrogens (tertiary/aromatic N) is 1. The Labute approximate surface area is 109 Å². The second-order valence-electron chi connectivity index (χ2n) is 4.38. The number of fused-ring (bicyclic) bond motifs is 1. The molecule has 1 aliphatic rings. The summed E-state index contributed by atoms with van der Waals surface area (Å²) >= 11 is 0. The number of aromatic amines is 1. The minimum Gasteiger partial charge on any atom is -0.480 e. The molecule has 0 saturated heterocycles. The zero-order valence-corrected chi connectivity index (χ0v) is 10.2. The van der Waals surface area contributed by atoms with E-state index in [1.54, 1.807) is 6.33 Å². The van der Waals surface area contributed by atoms with Gasteiger partial charge in [-0.3, -0.25) is 10.1 Å². The van der Waals surface area contributed by atoms with Crippen molar-refractivity contribution >= 4 is 11.9 Å². The van der Waals surface area contributed by atoms with Crippen LogP contribution >= 0.6 is 0 Å². The standard InChI is InChI=1S/C11H16N4O4/c16-2-1-6(11(18)19)15-10(17)8-3-7-9(4-12-8)14-5-13-7/h5-6,8,12,16H,1-4H2,(H,13,14)(H,15,17)(H,18,19)/t6-,8?/m0/s1. The zero-order chi connectivity index (χ0) is 13.8. The van der Waals surface area contributed by atoms with Gasteiger partial charge in [-0.15, -0.1) is 0 Å². The highest BCUT2D eigenvalue weighted by molar-refractivity contribution is 5.87. The van der Waals surface area contributed by atoms with Gasteiger partial charge >= 0.3 is 5.97 Å². The first kappa shape index (κ1) is 13.5. The van der Waals surface area contributed by atoms with Crippen LogP contribution in [-0.4, -0.2) is 50.7 Å². The molecule has 1 aliphatic heterocycles. The summed E-state index contributed by atoms with van der Waals surface area (Å²) in [5.74, 6) is -1.55. The lowest BCUT2D eigenvalue weighted by molar-refractivity contribution is -0.142. The van der Waals surface area contributed by atoms with Crippen molar-refractivity contribution in [1.29, 1.82) is 0 Å². The molecule has 8 heteroatoms. The fourth-order valence-corrected chi connectivity index (χ4v) is 2.01. The maximum Gasteiger partial charge on any atom is 0.326 e. The predicted octanol–water partition coefficient (Wildman–Crippen LogP) is -1.62. The van der Waals surface area contributed by atoms with E-state index >= 15 is 0 Å². The maximum atomic E-state index is 12.0. The van der Waals surface area contributed by atoms with E-state index in [1.165, 1.54) is 0 Å². The number of carbonyl (C=O) groups is 2. The summed E-state index contributed by atoms with van der Waals surface area (Å²) < 4.78 is 0. The fraction of sp³-hybridized carbons (Fsp3) is 0.545. The summed E-state index contributed by atoms with van der Waals surface area (Å²) in [5.41, 5.74) is 1.75. The third-order valence-corrected chi connectivity index (χ3v) is 3.08. The molecule has 2 atom stereocenters. The summed E-state index contributed by atoms with van der Waals surface area (Å²) in [6.07, 6.45) is 1.97. The molecule has 104 valence electrons. The minimum absolute atomic E-state index is 0.0125. The topological polar surface area (TPSA) is 127 Å². The quantitative estimate of drug-likeness (QED) is 0.436. The van der Waals surface area contributed by atoms with Crippen LogP contribution in [0.1, 0.15) is 17.8 Å². The van der Waals surface area contributed by atoms with Crippen LogP contribution in [0.4, 0.5) is 0 Å². The van der Waals surface area contributed by atoms with Crippen molar-refractivity contribution < 1.29 is 19.8 Å². The molecule has 1 amide bonds. The second-order valence-corrected chi connectivity index (χ2v) is 4.38. The normalized spacial score (nSPS) is 19.5. The van der Waals surface area contributed by atoms with Crippen molar-refractivity contribution in [1.82, 2.24) is 20.6 Å². The maximum absolute atomic E-state index is 12.0. The Bertz CT molecular complexity index is 473. The summed E-state index contributed by atoms with van der Waals surface area (Å²) in [7, 11) is 0. The van der Waals surface area contributed by atoms with Gasteiger partial charge in [-0.25, -0.2) is 9.78 Å². The Hall–Kier alpha value is -1.93. The Morgan fingerprint density at radius 2 is 2.37 bits per heavy atom. The molecule has 0 aliphatic carbocycles. The molecule has 0 fully saturated rings. The number of carbonyl (C=O) groups excluding carboxylic acids is 1. The third kappa shape index (κ3) is 3.09. The molecule has 2 rings (SSSR count). The van der Waals surface area contributed by atoms with Crippen molar-refractivity contribution in [3.63, 3.8) is 0 Å². The van der Waals surface area contributed by atoms with E-state index in [2.05, 4.69) is 20.6 Å². The first-order valence-corrected chi connectivity index (χ1v) is 6.00. The van der Waals surface area contributed by atoms with Crippen LogP contribution in [0, 0.1) is 0 Å². The molecule has 19 heavy (non-hydrogen) atoms. The third-order valence-electron chi connectivity index (χ3n) is 3.08. The number of carboxylic acids is 1. The number of rotatable bonds is 5. The molecule has 2 heterocycles. The average Bonchev–Trinajstić information content (AvgIpc) is 2.85. The van der Waals surface area contributed by atoms with Crippen LogP contribution in [0.2, 0.25) is 0 Å².